The van der Waals surface area contributed by atoms with E-state index in [0.717, 1.165) is 5.56 Å². The highest BCUT2D eigenvalue weighted by molar-refractivity contribution is 5.37. The number of benzene rings is 2. The van der Waals surface area contributed by atoms with Gasteiger partial charge in [0.15, 0.2) is 11.6 Å². The number of methoxy groups -OCH3 is 1. The van der Waals surface area contributed by atoms with Crippen LogP contribution in [0.2, 0.25) is 0 Å². The summed E-state index contributed by atoms with van der Waals surface area (Å²) in [6.07, 6.45) is 0. The topological polar surface area (TPSA) is 35.2 Å². The summed E-state index contributed by atoms with van der Waals surface area (Å²) in [5, 5.41) is 0. The molecule has 0 aromatic heterocycles. The summed E-state index contributed by atoms with van der Waals surface area (Å²) in [5.74, 6) is -0.601. The van der Waals surface area contributed by atoms with Gasteiger partial charge in [-0.15, -0.1) is 0 Å². The molecule has 0 fully saturated rings. The van der Waals surface area contributed by atoms with Gasteiger partial charge in [0.05, 0.1) is 7.11 Å². The Morgan fingerprint density at radius 2 is 1.67 bits per heavy atom. The molecule has 21 heavy (non-hydrogen) atoms. The Bertz CT molecular complexity index is 623. The summed E-state index contributed by atoms with van der Waals surface area (Å²) in [5.41, 5.74) is 6.95. The predicted octanol–water partition coefficient (Wildman–Crippen LogP) is 3.95. The van der Waals surface area contributed by atoms with Gasteiger partial charge < -0.3 is 10.5 Å². The molecule has 2 N–H and O–H groups in total. The lowest BCUT2D eigenvalue weighted by Gasteiger charge is -2.33. The van der Waals surface area contributed by atoms with Crippen LogP contribution in [0.25, 0.3) is 0 Å². The molecule has 2 aromatic carbocycles. The van der Waals surface area contributed by atoms with Crippen molar-refractivity contribution < 1.29 is 13.5 Å². The molecule has 0 amide bonds. The Kier molecular flexibility index (Phi) is 4.28. The van der Waals surface area contributed by atoms with Crippen LogP contribution in [-0.4, -0.2) is 7.11 Å². The van der Waals surface area contributed by atoms with E-state index in [4.69, 9.17) is 10.5 Å². The molecule has 0 aliphatic carbocycles. The number of nitrogens with two attached hydrogens (primary N) is 1. The minimum Gasteiger partial charge on any atom is -0.494 e. The SMILES string of the molecule is COc1cccc(C(N)C(C)(C)c2ccc(F)cc2)c1F. The molecule has 112 valence electrons. The molecule has 0 aliphatic rings. The van der Waals surface area contributed by atoms with Crippen molar-refractivity contribution in [2.24, 2.45) is 5.73 Å². The van der Waals surface area contributed by atoms with E-state index in [9.17, 15) is 8.78 Å². The van der Waals surface area contributed by atoms with Gasteiger partial charge in [-0.3, -0.25) is 0 Å². The van der Waals surface area contributed by atoms with E-state index in [1.54, 1.807) is 30.3 Å². The second-order valence-electron chi connectivity index (χ2n) is 5.57. The zero-order chi connectivity index (χ0) is 15.6. The van der Waals surface area contributed by atoms with E-state index in [2.05, 4.69) is 0 Å². The Balaban J connectivity index is 2.42. The molecule has 0 bridgehead atoms. The van der Waals surface area contributed by atoms with Crippen molar-refractivity contribution >= 4 is 0 Å². The standard InChI is InChI=1S/C17H19F2NO/c1-17(2,11-7-9-12(18)10-8-11)16(20)13-5-4-6-14(21-3)15(13)19/h4-10,16H,20H2,1-3H3. The average Bonchev–Trinajstić information content (AvgIpc) is 2.47. The van der Waals surface area contributed by atoms with Gasteiger partial charge >= 0.3 is 0 Å². The molecule has 0 saturated carbocycles. The first kappa shape index (κ1) is 15.4. The molecule has 0 saturated heterocycles. The van der Waals surface area contributed by atoms with Crippen molar-refractivity contribution in [2.75, 3.05) is 7.11 Å². The fraction of sp³-hybridized carbons (Fsp3) is 0.294. The zero-order valence-corrected chi connectivity index (χ0v) is 12.4. The molecule has 4 heteroatoms. The van der Waals surface area contributed by atoms with Crippen LogP contribution < -0.4 is 10.5 Å². The number of ether oxygens (including phenoxy) is 1. The predicted molar refractivity (Wildman–Crippen MR) is 79.3 cm³/mol. The highest BCUT2D eigenvalue weighted by Crippen LogP contribution is 2.37. The second kappa shape index (κ2) is 5.82. The lowest BCUT2D eigenvalue weighted by Crippen LogP contribution is -2.33. The van der Waals surface area contributed by atoms with E-state index in [1.807, 2.05) is 13.8 Å². The Labute approximate surface area is 123 Å². The lowest BCUT2D eigenvalue weighted by atomic mass is 9.75. The summed E-state index contributed by atoms with van der Waals surface area (Å²) in [4.78, 5) is 0. The van der Waals surface area contributed by atoms with Gasteiger partial charge in [-0.1, -0.05) is 38.1 Å². The molecular weight excluding hydrogens is 272 g/mol. The van der Waals surface area contributed by atoms with Crippen molar-refractivity contribution in [3.63, 3.8) is 0 Å². The van der Waals surface area contributed by atoms with Crippen LogP contribution in [0.5, 0.6) is 5.75 Å². The molecule has 2 nitrogen and oxygen atoms in total. The van der Waals surface area contributed by atoms with E-state index >= 15 is 0 Å². The Hall–Kier alpha value is -1.94. The number of halogens is 2. The van der Waals surface area contributed by atoms with Crippen molar-refractivity contribution in [1.29, 1.82) is 0 Å². The zero-order valence-electron chi connectivity index (χ0n) is 12.4. The van der Waals surface area contributed by atoms with Gasteiger partial charge in [0.25, 0.3) is 0 Å². The molecule has 1 atom stereocenters. The largest absolute Gasteiger partial charge is 0.494 e. The van der Waals surface area contributed by atoms with Gasteiger partial charge in [-0.2, -0.15) is 0 Å². The minimum absolute atomic E-state index is 0.165. The Morgan fingerprint density at radius 3 is 2.24 bits per heavy atom. The first-order valence-electron chi connectivity index (χ1n) is 6.72. The number of rotatable bonds is 4. The van der Waals surface area contributed by atoms with Gasteiger partial charge in [-0.25, -0.2) is 8.78 Å². The van der Waals surface area contributed by atoms with Crippen molar-refractivity contribution in [2.45, 2.75) is 25.3 Å². The summed E-state index contributed by atoms with van der Waals surface area (Å²) in [6.45, 7) is 3.81. The van der Waals surface area contributed by atoms with Crippen LogP contribution in [0.4, 0.5) is 8.78 Å². The van der Waals surface area contributed by atoms with E-state index in [1.165, 1.54) is 19.2 Å². The third kappa shape index (κ3) is 2.90. The average molecular weight is 291 g/mol. The highest BCUT2D eigenvalue weighted by atomic mass is 19.1. The normalized spacial score (nSPS) is 13.0. The van der Waals surface area contributed by atoms with Crippen molar-refractivity contribution in [3.05, 3.63) is 65.2 Å². The first-order chi connectivity index (χ1) is 9.87. The monoisotopic (exact) mass is 291 g/mol. The molecule has 0 radical (unpaired) electrons. The van der Waals surface area contributed by atoms with Gasteiger partial charge in [-0.05, 0) is 23.8 Å². The smallest absolute Gasteiger partial charge is 0.169 e. The van der Waals surface area contributed by atoms with Gasteiger partial charge in [0.1, 0.15) is 5.82 Å². The summed E-state index contributed by atoms with van der Waals surface area (Å²) in [6, 6.07) is 10.4. The second-order valence-corrected chi connectivity index (χ2v) is 5.57. The number of hydrogen-bond donors (Lipinski definition) is 1. The highest BCUT2D eigenvalue weighted by Gasteiger charge is 2.32. The first-order valence-corrected chi connectivity index (χ1v) is 6.72. The van der Waals surface area contributed by atoms with Crippen LogP contribution in [0.3, 0.4) is 0 Å². The van der Waals surface area contributed by atoms with Crippen LogP contribution >= 0.6 is 0 Å². The molecule has 0 aliphatic heterocycles. The maximum Gasteiger partial charge on any atom is 0.169 e. The maximum atomic E-state index is 14.4. The molecular formula is C17H19F2NO. The summed E-state index contributed by atoms with van der Waals surface area (Å²) >= 11 is 0. The minimum atomic E-state index is -0.585. The molecule has 0 spiro atoms. The molecule has 0 heterocycles. The number of hydrogen-bond acceptors (Lipinski definition) is 2. The van der Waals surface area contributed by atoms with E-state index in [-0.39, 0.29) is 11.6 Å². The lowest BCUT2D eigenvalue weighted by molar-refractivity contribution is 0.367. The van der Waals surface area contributed by atoms with Crippen molar-refractivity contribution in [1.82, 2.24) is 0 Å². The summed E-state index contributed by atoms with van der Waals surface area (Å²) in [7, 11) is 1.42. The van der Waals surface area contributed by atoms with Crippen LogP contribution in [0.15, 0.2) is 42.5 Å². The third-order valence-corrected chi connectivity index (χ3v) is 3.91. The maximum absolute atomic E-state index is 14.4. The van der Waals surface area contributed by atoms with E-state index < -0.39 is 17.3 Å². The van der Waals surface area contributed by atoms with Crippen LogP contribution in [0, 0.1) is 11.6 Å². The quantitative estimate of drug-likeness (QED) is 0.925. The fourth-order valence-electron chi connectivity index (χ4n) is 2.37. The van der Waals surface area contributed by atoms with Crippen LogP contribution in [0.1, 0.15) is 31.0 Å². The fourth-order valence-corrected chi connectivity index (χ4v) is 2.37. The summed E-state index contributed by atoms with van der Waals surface area (Å²) < 4.78 is 32.4. The molecule has 1 unspecified atom stereocenters. The van der Waals surface area contributed by atoms with Gasteiger partial charge in [0, 0.05) is 17.0 Å². The van der Waals surface area contributed by atoms with E-state index in [0.29, 0.717) is 5.56 Å². The molecule has 2 rings (SSSR count). The van der Waals surface area contributed by atoms with Crippen LogP contribution in [-0.2, 0) is 5.41 Å². The van der Waals surface area contributed by atoms with Crippen molar-refractivity contribution in [3.8, 4) is 5.75 Å². The van der Waals surface area contributed by atoms with Gasteiger partial charge in [0.2, 0.25) is 0 Å². The third-order valence-electron chi connectivity index (χ3n) is 3.91. The molecule has 2 aromatic rings. The Morgan fingerprint density at radius 1 is 1.05 bits per heavy atom.